The van der Waals surface area contributed by atoms with Crippen LogP contribution in [-0.4, -0.2) is 38.4 Å². The first kappa shape index (κ1) is 22.8. The number of methoxy groups -OCH3 is 1. The molecule has 4 aromatic rings. The largest absolute Gasteiger partial charge is 0.493 e. The van der Waals surface area contributed by atoms with Gasteiger partial charge < -0.3 is 19.9 Å². The fourth-order valence-electron chi connectivity index (χ4n) is 3.46. The Labute approximate surface area is 197 Å². The van der Waals surface area contributed by atoms with Gasteiger partial charge in [-0.3, -0.25) is 0 Å². The molecule has 34 heavy (non-hydrogen) atoms. The van der Waals surface area contributed by atoms with Gasteiger partial charge >= 0.3 is 5.97 Å². The molecule has 174 valence electrons. The summed E-state index contributed by atoms with van der Waals surface area (Å²) in [5, 5.41) is 24.4. The van der Waals surface area contributed by atoms with E-state index in [4.69, 9.17) is 14.6 Å². The average molecular weight is 460 g/mol. The highest BCUT2D eigenvalue weighted by Gasteiger charge is 2.12. The molecule has 0 radical (unpaired) electrons. The number of tetrazole rings is 1. The summed E-state index contributed by atoms with van der Waals surface area (Å²) in [7, 11) is 1.59. The van der Waals surface area contributed by atoms with Crippen molar-refractivity contribution in [3.8, 4) is 17.2 Å². The van der Waals surface area contributed by atoms with E-state index < -0.39 is 5.97 Å². The van der Waals surface area contributed by atoms with E-state index in [0.29, 0.717) is 23.9 Å². The Bertz CT molecular complexity index is 1300. The molecule has 0 aliphatic rings. The van der Waals surface area contributed by atoms with Gasteiger partial charge in [-0.05, 0) is 77.9 Å². The van der Waals surface area contributed by atoms with Crippen molar-refractivity contribution in [1.82, 2.24) is 20.2 Å². The average Bonchev–Trinajstić information content (AvgIpc) is 3.31. The normalized spacial score (nSPS) is 10.7. The highest BCUT2D eigenvalue weighted by atomic mass is 16.5. The summed E-state index contributed by atoms with van der Waals surface area (Å²) >= 11 is 0. The maximum Gasteiger partial charge on any atom is 0.335 e. The van der Waals surface area contributed by atoms with Gasteiger partial charge in [0.15, 0.2) is 23.9 Å². The summed E-state index contributed by atoms with van der Waals surface area (Å²) in [6, 6.07) is 18.6. The first-order valence-corrected chi connectivity index (χ1v) is 10.7. The second-order valence-electron chi connectivity index (χ2n) is 7.80. The molecule has 0 spiro atoms. The van der Waals surface area contributed by atoms with E-state index in [1.165, 1.54) is 0 Å². The molecule has 0 unspecified atom stereocenters. The molecule has 0 aliphatic heterocycles. The summed E-state index contributed by atoms with van der Waals surface area (Å²) < 4.78 is 13.1. The number of anilines is 1. The van der Waals surface area contributed by atoms with Gasteiger partial charge in [0.2, 0.25) is 0 Å². The number of nitrogens with one attached hydrogen (secondary N) is 1. The summed E-state index contributed by atoms with van der Waals surface area (Å²) in [5.74, 6) is 0.790. The molecule has 0 fully saturated rings. The fraction of sp³-hybridized carbons (Fsp3) is 0.200. The van der Waals surface area contributed by atoms with Crippen molar-refractivity contribution in [2.75, 3.05) is 12.4 Å². The smallest absolute Gasteiger partial charge is 0.335 e. The molecular weight excluding hydrogens is 434 g/mol. The van der Waals surface area contributed by atoms with Crippen molar-refractivity contribution >= 4 is 11.7 Å². The van der Waals surface area contributed by atoms with Crippen LogP contribution in [0.1, 0.15) is 32.9 Å². The number of aromatic nitrogens is 4. The predicted octanol–water partition coefficient (Wildman–Crippen LogP) is 4.18. The zero-order valence-corrected chi connectivity index (χ0v) is 19.1. The summed E-state index contributed by atoms with van der Waals surface area (Å²) in [6.45, 7) is 4.60. The maximum absolute atomic E-state index is 11.1. The highest BCUT2D eigenvalue weighted by Crippen LogP contribution is 2.29. The van der Waals surface area contributed by atoms with Crippen molar-refractivity contribution < 1.29 is 19.4 Å². The number of ether oxygens (including phenoxy) is 2. The monoisotopic (exact) mass is 459 g/mol. The number of carboxylic acid groups (broad SMARTS) is 1. The van der Waals surface area contributed by atoms with E-state index in [2.05, 4.69) is 20.8 Å². The van der Waals surface area contributed by atoms with E-state index in [1.54, 1.807) is 30.0 Å². The SMILES string of the molecule is COc1cc(CNc2ccc(C(=O)O)cc2C)ccc1OCc1nnnn1-c1ccc(C)cc1. The van der Waals surface area contributed by atoms with E-state index in [9.17, 15) is 4.79 Å². The Kier molecular flexibility index (Phi) is 6.72. The lowest BCUT2D eigenvalue weighted by Gasteiger charge is -2.14. The number of benzene rings is 3. The van der Waals surface area contributed by atoms with Crippen LogP contribution in [0.5, 0.6) is 11.5 Å². The third kappa shape index (κ3) is 5.15. The Morgan fingerprint density at radius 2 is 1.82 bits per heavy atom. The number of aromatic carboxylic acids is 1. The van der Waals surface area contributed by atoms with Gasteiger partial charge in [0.1, 0.15) is 0 Å². The minimum atomic E-state index is -0.942. The first-order valence-electron chi connectivity index (χ1n) is 10.7. The molecule has 0 amide bonds. The minimum Gasteiger partial charge on any atom is -0.493 e. The van der Waals surface area contributed by atoms with Crippen LogP contribution in [0, 0.1) is 13.8 Å². The molecule has 0 atom stereocenters. The Morgan fingerprint density at radius 3 is 2.53 bits per heavy atom. The molecule has 3 aromatic carbocycles. The summed E-state index contributed by atoms with van der Waals surface area (Å²) in [4.78, 5) is 11.1. The lowest BCUT2D eigenvalue weighted by Crippen LogP contribution is -2.08. The lowest BCUT2D eigenvalue weighted by molar-refractivity contribution is 0.0697. The number of rotatable bonds is 9. The number of carbonyl (C=O) groups is 1. The first-order chi connectivity index (χ1) is 16.4. The second-order valence-corrected chi connectivity index (χ2v) is 7.80. The zero-order chi connectivity index (χ0) is 24.1. The highest BCUT2D eigenvalue weighted by molar-refractivity contribution is 5.88. The van der Waals surface area contributed by atoms with Gasteiger partial charge in [-0.1, -0.05) is 23.8 Å². The fourth-order valence-corrected chi connectivity index (χ4v) is 3.46. The molecule has 1 aromatic heterocycles. The van der Waals surface area contributed by atoms with Crippen molar-refractivity contribution in [3.05, 3.63) is 88.7 Å². The van der Waals surface area contributed by atoms with E-state index >= 15 is 0 Å². The molecule has 0 aliphatic carbocycles. The molecule has 0 saturated heterocycles. The standard InChI is InChI=1S/C25H25N5O4/c1-16-4-8-20(9-5-16)30-24(27-28-29-30)15-34-22-11-6-18(13-23(22)33-3)14-26-21-10-7-19(25(31)32)12-17(21)2/h4-13,26H,14-15H2,1-3H3,(H,31,32). The summed E-state index contributed by atoms with van der Waals surface area (Å²) in [6.07, 6.45) is 0. The van der Waals surface area contributed by atoms with Gasteiger partial charge in [0.05, 0.1) is 18.4 Å². The number of hydrogen-bond donors (Lipinski definition) is 2. The van der Waals surface area contributed by atoms with Crippen molar-refractivity contribution in [2.45, 2.75) is 27.0 Å². The Morgan fingerprint density at radius 1 is 1.03 bits per heavy atom. The molecule has 0 saturated carbocycles. The van der Waals surface area contributed by atoms with E-state index in [-0.39, 0.29) is 12.2 Å². The van der Waals surface area contributed by atoms with Crippen LogP contribution >= 0.6 is 0 Å². The predicted molar refractivity (Wildman–Crippen MR) is 127 cm³/mol. The van der Waals surface area contributed by atoms with Gasteiger partial charge in [-0.15, -0.1) is 5.10 Å². The molecule has 2 N–H and O–H groups in total. The van der Waals surface area contributed by atoms with Gasteiger partial charge in [-0.2, -0.15) is 4.68 Å². The van der Waals surface area contributed by atoms with Crippen LogP contribution in [0.25, 0.3) is 5.69 Å². The number of hydrogen-bond acceptors (Lipinski definition) is 7. The summed E-state index contributed by atoms with van der Waals surface area (Å²) in [5.41, 5.74) is 4.98. The van der Waals surface area contributed by atoms with Crippen LogP contribution in [-0.2, 0) is 13.2 Å². The number of nitrogens with zero attached hydrogens (tertiary/aromatic N) is 4. The van der Waals surface area contributed by atoms with Crippen LogP contribution in [0.4, 0.5) is 5.69 Å². The molecule has 9 nitrogen and oxygen atoms in total. The van der Waals surface area contributed by atoms with Gasteiger partial charge in [0, 0.05) is 12.2 Å². The molecular formula is C25H25N5O4. The molecule has 0 bridgehead atoms. The zero-order valence-electron chi connectivity index (χ0n) is 19.1. The van der Waals surface area contributed by atoms with Crippen LogP contribution in [0.3, 0.4) is 0 Å². The lowest BCUT2D eigenvalue weighted by atomic mass is 10.1. The number of carboxylic acids is 1. The third-order valence-electron chi connectivity index (χ3n) is 5.35. The minimum absolute atomic E-state index is 0.171. The number of aryl methyl sites for hydroxylation is 2. The topological polar surface area (TPSA) is 111 Å². The second kappa shape index (κ2) is 10.0. The van der Waals surface area contributed by atoms with Crippen LogP contribution in [0.15, 0.2) is 60.7 Å². The quantitative estimate of drug-likeness (QED) is 0.384. The van der Waals surface area contributed by atoms with Gasteiger partial charge in [0.25, 0.3) is 0 Å². The van der Waals surface area contributed by atoms with Crippen molar-refractivity contribution in [1.29, 1.82) is 0 Å². The van der Waals surface area contributed by atoms with Crippen LogP contribution < -0.4 is 14.8 Å². The van der Waals surface area contributed by atoms with E-state index in [0.717, 1.165) is 28.1 Å². The van der Waals surface area contributed by atoms with Gasteiger partial charge in [-0.25, -0.2) is 4.79 Å². The molecule has 4 rings (SSSR count). The maximum atomic E-state index is 11.1. The van der Waals surface area contributed by atoms with Crippen LogP contribution in [0.2, 0.25) is 0 Å². The molecule has 1 heterocycles. The third-order valence-corrected chi connectivity index (χ3v) is 5.35. The van der Waals surface area contributed by atoms with Crippen molar-refractivity contribution in [2.24, 2.45) is 0 Å². The Hall–Kier alpha value is -4.40. The Balaban J connectivity index is 1.43. The van der Waals surface area contributed by atoms with Crippen molar-refractivity contribution in [3.63, 3.8) is 0 Å². The molecule has 9 heteroatoms. The van der Waals surface area contributed by atoms with E-state index in [1.807, 2.05) is 56.3 Å².